The maximum Gasteiger partial charge on any atom is 0.246 e. The van der Waals surface area contributed by atoms with Gasteiger partial charge in [0.15, 0.2) is 5.13 Å². The molecule has 150 valence electrons. The molecule has 1 saturated heterocycles. The molecule has 8 nitrogen and oxygen atoms in total. The maximum atomic E-state index is 12.1. The van der Waals surface area contributed by atoms with E-state index in [0.29, 0.717) is 36.8 Å². The van der Waals surface area contributed by atoms with Crippen LogP contribution in [-0.4, -0.2) is 55.1 Å². The number of rotatable bonds is 8. The van der Waals surface area contributed by atoms with Crippen LogP contribution in [-0.2, 0) is 16.0 Å². The Kier molecular flexibility index (Phi) is 7.21. The third-order valence-corrected chi connectivity index (χ3v) is 4.98. The normalized spacial score (nSPS) is 14.4. The summed E-state index contributed by atoms with van der Waals surface area (Å²) in [4.78, 5) is 18.7. The molecular formula is C19H24N4O4S. The van der Waals surface area contributed by atoms with Crippen LogP contribution in [0.1, 0.15) is 24.6 Å². The molecule has 2 N–H and O–H groups in total. The number of benzene rings is 1. The van der Waals surface area contributed by atoms with Crippen molar-refractivity contribution in [2.45, 2.75) is 19.8 Å². The fraction of sp³-hybridized carbons (Fsp3) is 0.421. The molecule has 0 bridgehead atoms. The second-order valence-corrected chi connectivity index (χ2v) is 7.10. The third kappa shape index (κ3) is 5.67. The molecular weight excluding hydrogens is 380 g/mol. The Morgan fingerprint density at radius 2 is 2.29 bits per heavy atom. The van der Waals surface area contributed by atoms with E-state index in [4.69, 9.17) is 9.47 Å². The van der Waals surface area contributed by atoms with Crippen molar-refractivity contribution in [2.75, 3.05) is 37.8 Å². The van der Waals surface area contributed by atoms with Gasteiger partial charge in [-0.25, -0.2) is 10.4 Å². The Bertz CT molecular complexity index is 818. The zero-order chi connectivity index (χ0) is 19.8. The minimum Gasteiger partial charge on any atom is -0.507 e. The number of phenols is 1. The van der Waals surface area contributed by atoms with Gasteiger partial charge >= 0.3 is 0 Å². The van der Waals surface area contributed by atoms with Crippen molar-refractivity contribution in [1.29, 1.82) is 0 Å². The van der Waals surface area contributed by atoms with Crippen LogP contribution in [0, 0.1) is 0 Å². The predicted molar refractivity (Wildman–Crippen MR) is 108 cm³/mol. The van der Waals surface area contributed by atoms with Gasteiger partial charge in [0.25, 0.3) is 0 Å². The van der Waals surface area contributed by atoms with Crippen molar-refractivity contribution in [1.82, 2.24) is 10.4 Å². The minimum atomic E-state index is -0.266. The summed E-state index contributed by atoms with van der Waals surface area (Å²) in [7, 11) is 0. The molecule has 1 aliphatic heterocycles. The van der Waals surface area contributed by atoms with Crippen LogP contribution in [0.2, 0.25) is 0 Å². The SMILES string of the molecule is CCCOc1ccc(/C=N/NC(=O)Cc2csc(N3CCOCC3)n2)c(O)c1. The lowest BCUT2D eigenvalue weighted by molar-refractivity contribution is -0.120. The molecule has 1 aliphatic rings. The number of carbonyl (C=O) groups is 1. The average Bonchev–Trinajstić information content (AvgIpc) is 3.17. The quantitative estimate of drug-likeness (QED) is 0.517. The van der Waals surface area contributed by atoms with E-state index in [0.717, 1.165) is 24.6 Å². The minimum absolute atomic E-state index is 0.0428. The summed E-state index contributed by atoms with van der Waals surface area (Å²) < 4.78 is 10.8. The highest BCUT2D eigenvalue weighted by atomic mass is 32.1. The number of carbonyl (C=O) groups excluding carboxylic acids is 1. The number of morpholine rings is 1. The predicted octanol–water partition coefficient (Wildman–Crippen LogP) is 2.17. The molecule has 0 aliphatic carbocycles. The number of nitrogens with zero attached hydrogens (tertiary/aromatic N) is 3. The second kappa shape index (κ2) is 10.0. The summed E-state index contributed by atoms with van der Waals surface area (Å²) >= 11 is 1.52. The number of hydrazone groups is 1. The summed E-state index contributed by atoms with van der Waals surface area (Å²) in [5.74, 6) is 0.374. The van der Waals surface area contributed by atoms with Gasteiger partial charge in [-0.2, -0.15) is 5.10 Å². The molecule has 2 aromatic rings. The Hall–Kier alpha value is -2.65. The number of aromatic nitrogens is 1. The highest BCUT2D eigenvalue weighted by Gasteiger charge is 2.15. The lowest BCUT2D eigenvalue weighted by Crippen LogP contribution is -2.36. The van der Waals surface area contributed by atoms with Crippen LogP contribution < -0.4 is 15.1 Å². The van der Waals surface area contributed by atoms with Gasteiger partial charge in [-0.3, -0.25) is 4.79 Å². The number of aromatic hydroxyl groups is 1. The summed E-state index contributed by atoms with van der Waals surface area (Å²) in [6, 6.07) is 4.97. The fourth-order valence-electron chi connectivity index (χ4n) is 2.60. The molecule has 1 aromatic carbocycles. The van der Waals surface area contributed by atoms with Crippen LogP contribution in [0.3, 0.4) is 0 Å². The van der Waals surface area contributed by atoms with Gasteiger partial charge < -0.3 is 19.5 Å². The molecule has 0 unspecified atom stereocenters. The molecule has 9 heteroatoms. The molecule has 1 fully saturated rings. The first-order chi connectivity index (χ1) is 13.7. The lowest BCUT2D eigenvalue weighted by Gasteiger charge is -2.26. The number of amides is 1. The molecule has 28 heavy (non-hydrogen) atoms. The van der Waals surface area contributed by atoms with Gasteiger partial charge in [-0.1, -0.05) is 6.92 Å². The molecule has 0 saturated carbocycles. The van der Waals surface area contributed by atoms with Crippen LogP contribution in [0.15, 0.2) is 28.7 Å². The summed E-state index contributed by atoms with van der Waals surface area (Å²) in [5.41, 5.74) is 3.66. The van der Waals surface area contributed by atoms with Gasteiger partial charge in [0.1, 0.15) is 11.5 Å². The number of anilines is 1. The first-order valence-electron chi connectivity index (χ1n) is 9.20. The molecule has 2 heterocycles. The summed E-state index contributed by atoms with van der Waals surface area (Å²) in [5, 5.41) is 16.7. The van der Waals surface area contributed by atoms with Gasteiger partial charge in [-0.05, 0) is 18.6 Å². The fourth-order valence-corrected chi connectivity index (χ4v) is 3.48. The molecule has 1 aromatic heterocycles. The molecule has 0 radical (unpaired) electrons. The summed E-state index contributed by atoms with van der Waals surface area (Å²) in [6.07, 6.45) is 2.44. The van der Waals surface area contributed by atoms with Crippen LogP contribution >= 0.6 is 11.3 Å². The third-order valence-electron chi connectivity index (χ3n) is 4.03. The topological polar surface area (TPSA) is 96.3 Å². The first-order valence-corrected chi connectivity index (χ1v) is 10.1. The van der Waals surface area contributed by atoms with Crippen molar-refractivity contribution < 1.29 is 19.4 Å². The van der Waals surface area contributed by atoms with E-state index in [-0.39, 0.29) is 18.1 Å². The van der Waals surface area contributed by atoms with Crippen molar-refractivity contribution in [3.63, 3.8) is 0 Å². The Morgan fingerprint density at radius 3 is 3.04 bits per heavy atom. The van der Waals surface area contributed by atoms with Crippen molar-refractivity contribution in [2.24, 2.45) is 5.10 Å². The largest absolute Gasteiger partial charge is 0.507 e. The van der Waals surface area contributed by atoms with E-state index in [9.17, 15) is 9.90 Å². The highest BCUT2D eigenvalue weighted by Crippen LogP contribution is 2.23. The van der Waals surface area contributed by atoms with E-state index in [1.165, 1.54) is 23.6 Å². The molecule has 3 rings (SSSR count). The van der Waals surface area contributed by atoms with Gasteiger partial charge in [-0.15, -0.1) is 11.3 Å². The Balaban J connectivity index is 1.49. The lowest BCUT2D eigenvalue weighted by atomic mass is 10.2. The highest BCUT2D eigenvalue weighted by molar-refractivity contribution is 7.13. The van der Waals surface area contributed by atoms with Gasteiger partial charge in [0.2, 0.25) is 5.91 Å². The number of hydrogen-bond acceptors (Lipinski definition) is 8. The number of phenolic OH excluding ortho intramolecular Hbond substituents is 1. The Labute approximate surface area is 167 Å². The van der Waals surface area contributed by atoms with E-state index < -0.39 is 0 Å². The van der Waals surface area contributed by atoms with E-state index >= 15 is 0 Å². The number of thiazole rings is 1. The Morgan fingerprint density at radius 1 is 1.46 bits per heavy atom. The zero-order valence-electron chi connectivity index (χ0n) is 15.8. The summed E-state index contributed by atoms with van der Waals surface area (Å²) in [6.45, 7) is 5.63. The van der Waals surface area contributed by atoms with Crippen LogP contribution in [0.4, 0.5) is 5.13 Å². The molecule has 1 amide bonds. The zero-order valence-corrected chi connectivity index (χ0v) is 16.6. The number of hydrogen-bond donors (Lipinski definition) is 2. The van der Waals surface area contributed by atoms with E-state index in [1.54, 1.807) is 12.1 Å². The van der Waals surface area contributed by atoms with Crippen LogP contribution in [0.25, 0.3) is 0 Å². The smallest absolute Gasteiger partial charge is 0.246 e. The van der Waals surface area contributed by atoms with Crippen LogP contribution in [0.5, 0.6) is 11.5 Å². The van der Waals surface area contributed by atoms with Gasteiger partial charge in [0, 0.05) is 30.1 Å². The maximum absolute atomic E-state index is 12.1. The first kappa shape index (κ1) is 20.1. The molecule has 0 spiro atoms. The average molecular weight is 404 g/mol. The van der Waals surface area contributed by atoms with E-state index in [1.807, 2.05) is 12.3 Å². The van der Waals surface area contributed by atoms with Crippen molar-refractivity contribution in [3.8, 4) is 11.5 Å². The van der Waals surface area contributed by atoms with Crippen molar-refractivity contribution >= 4 is 28.6 Å². The number of nitrogens with one attached hydrogen (secondary N) is 1. The molecule has 0 atom stereocenters. The van der Waals surface area contributed by atoms with E-state index in [2.05, 4.69) is 20.4 Å². The van der Waals surface area contributed by atoms with Gasteiger partial charge in [0.05, 0.1) is 38.1 Å². The standard InChI is InChI=1S/C19H24N4O4S/c1-2-7-27-16-4-3-14(17(24)11-16)12-20-22-18(25)10-15-13-28-19(21-15)23-5-8-26-9-6-23/h3-4,11-13,24H,2,5-10H2,1H3,(H,22,25)/b20-12+. The number of ether oxygens (including phenoxy) is 2. The van der Waals surface area contributed by atoms with Crippen molar-refractivity contribution in [3.05, 3.63) is 34.8 Å². The monoisotopic (exact) mass is 404 g/mol. The second-order valence-electron chi connectivity index (χ2n) is 6.26.